The number of likely N-dealkylation sites (N-methyl/N-ethyl adjacent to an activating group) is 1. The number of amides is 1. The van der Waals surface area contributed by atoms with Gasteiger partial charge in [0.15, 0.2) is 0 Å². The number of carboxylic acids is 2. The van der Waals surface area contributed by atoms with Crippen molar-refractivity contribution in [3.8, 4) is 0 Å². The summed E-state index contributed by atoms with van der Waals surface area (Å²) in [6.07, 6.45) is 0. The lowest BCUT2D eigenvalue weighted by atomic mass is 10.3. The second-order valence-corrected chi connectivity index (χ2v) is 6.52. The van der Waals surface area contributed by atoms with Crippen LogP contribution in [-0.4, -0.2) is 126 Å². The second kappa shape index (κ2) is 11.8. The van der Waals surface area contributed by atoms with Crippen molar-refractivity contribution in [2.45, 2.75) is 6.92 Å². The van der Waals surface area contributed by atoms with Crippen molar-refractivity contribution in [3.05, 3.63) is 0 Å². The minimum absolute atomic E-state index is 0.0632. The number of aliphatic carboxylic acids is 2. The number of hydrogen-bond donors (Lipinski definition) is 3. The zero-order valence-corrected chi connectivity index (χ0v) is 15.5. The molecule has 1 aliphatic heterocycles. The average molecular weight is 373 g/mol. The van der Waals surface area contributed by atoms with Gasteiger partial charge in [0.1, 0.15) is 0 Å². The first-order chi connectivity index (χ1) is 12.3. The fourth-order valence-electron chi connectivity index (χ4n) is 2.97. The SMILES string of the molecule is CCN1CCN(CC(N)=O)CCN(CC(=O)O)CCN(CC(=O)O)CC1. The number of nitrogens with two attached hydrogens (primary N) is 1. The van der Waals surface area contributed by atoms with Crippen molar-refractivity contribution in [1.29, 1.82) is 0 Å². The predicted molar refractivity (Wildman–Crippen MR) is 95.9 cm³/mol. The van der Waals surface area contributed by atoms with Crippen molar-refractivity contribution in [1.82, 2.24) is 19.6 Å². The van der Waals surface area contributed by atoms with E-state index >= 15 is 0 Å². The van der Waals surface area contributed by atoms with Gasteiger partial charge in [0.25, 0.3) is 0 Å². The lowest BCUT2D eigenvalue weighted by Gasteiger charge is -2.32. The highest BCUT2D eigenvalue weighted by Crippen LogP contribution is 2.01. The Morgan fingerprint density at radius 1 is 0.692 bits per heavy atom. The number of rotatable bonds is 7. The van der Waals surface area contributed by atoms with Gasteiger partial charge in [-0.25, -0.2) is 0 Å². The van der Waals surface area contributed by atoms with E-state index < -0.39 is 17.8 Å². The molecule has 1 saturated heterocycles. The summed E-state index contributed by atoms with van der Waals surface area (Å²) < 4.78 is 0. The Morgan fingerprint density at radius 2 is 1.00 bits per heavy atom. The molecule has 10 heteroatoms. The van der Waals surface area contributed by atoms with Gasteiger partial charge in [0, 0.05) is 52.4 Å². The van der Waals surface area contributed by atoms with Crippen LogP contribution < -0.4 is 5.73 Å². The molecule has 0 aromatic rings. The molecule has 0 aliphatic carbocycles. The minimum atomic E-state index is -0.930. The third-order valence-corrected chi connectivity index (χ3v) is 4.47. The van der Waals surface area contributed by atoms with Crippen LogP contribution in [0.3, 0.4) is 0 Å². The van der Waals surface area contributed by atoms with Crippen LogP contribution in [0.5, 0.6) is 0 Å². The van der Waals surface area contributed by atoms with Crippen molar-refractivity contribution in [2.24, 2.45) is 5.73 Å². The van der Waals surface area contributed by atoms with Crippen LogP contribution >= 0.6 is 0 Å². The predicted octanol–water partition coefficient (Wildman–Crippen LogP) is -2.12. The molecular weight excluding hydrogens is 342 g/mol. The number of carboxylic acid groups (broad SMARTS) is 2. The summed E-state index contributed by atoms with van der Waals surface area (Å²) >= 11 is 0. The standard InChI is InChI=1S/C16H31N5O5/c1-2-18-3-5-19(11-14(17)22)7-8-21(13-16(25)26)10-9-20(6-4-18)12-15(23)24/h2-13H2,1H3,(H2,17,22)(H,23,24)(H,25,26). The maximum atomic E-state index is 11.3. The van der Waals surface area contributed by atoms with Gasteiger partial charge in [-0.15, -0.1) is 0 Å². The average Bonchev–Trinajstić information content (AvgIpc) is 2.53. The molecule has 0 aromatic carbocycles. The van der Waals surface area contributed by atoms with Crippen LogP contribution in [0.4, 0.5) is 0 Å². The number of carbonyl (C=O) groups is 3. The normalized spacial score (nSPS) is 20.2. The number of carbonyl (C=O) groups excluding carboxylic acids is 1. The Morgan fingerprint density at radius 3 is 1.27 bits per heavy atom. The van der Waals surface area contributed by atoms with Gasteiger partial charge in [-0.1, -0.05) is 6.92 Å². The highest BCUT2D eigenvalue weighted by molar-refractivity contribution is 5.75. The summed E-state index contributed by atoms with van der Waals surface area (Å²) in [5.74, 6) is -2.23. The van der Waals surface area contributed by atoms with Gasteiger partial charge >= 0.3 is 11.9 Å². The van der Waals surface area contributed by atoms with Crippen molar-refractivity contribution in [3.63, 3.8) is 0 Å². The van der Waals surface area contributed by atoms with Gasteiger partial charge in [-0.2, -0.15) is 0 Å². The van der Waals surface area contributed by atoms with Crippen LogP contribution in [-0.2, 0) is 14.4 Å². The Bertz CT molecular complexity index is 444. The van der Waals surface area contributed by atoms with Crippen LogP contribution in [0.1, 0.15) is 6.92 Å². The molecule has 26 heavy (non-hydrogen) atoms. The maximum absolute atomic E-state index is 11.3. The summed E-state index contributed by atoms with van der Waals surface area (Å²) in [6.45, 7) is 7.48. The van der Waals surface area contributed by atoms with Gasteiger partial charge in [-0.05, 0) is 6.54 Å². The Balaban J connectivity index is 2.82. The third kappa shape index (κ3) is 9.66. The monoisotopic (exact) mass is 373 g/mol. The fraction of sp³-hybridized carbons (Fsp3) is 0.812. The van der Waals surface area contributed by atoms with E-state index in [9.17, 15) is 14.4 Å². The Kier molecular flexibility index (Phi) is 10.1. The summed E-state index contributed by atoms with van der Waals surface area (Å²) in [7, 11) is 0. The summed E-state index contributed by atoms with van der Waals surface area (Å²) in [6, 6.07) is 0. The van der Waals surface area contributed by atoms with Crippen LogP contribution in [0.15, 0.2) is 0 Å². The van der Waals surface area contributed by atoms with Gasteiger partial charge < -0.3 is 20.8 Å². The molecule has 0 saturated carbocycles. The molecule has 1 amide bonds. The molecule has 4 N–H and O–H groups in total. The van der Waals surface area contributed by atoms with Gasteiger partial charge in [0.2, 0.25) is 5.91 Å². The summed E-state index contributed by atoms with van der Waals surface area (Å²) in [5.41, 5.74) is 5.32. The van der Waals surface area contributed by atoms with E-state index in [-0.39, 0.29) is 19.6 Å². The van der Waals surface area contributed by atoms with Gasteiger partial charge in [0.05, 0.1) is 19.6 Å². The first-order valence-corrected chi connectivity index (χ1v) is 8.91. The Hall–Kier alpha value is -1.75. The van der Waals surface area contributed by atoms with Crippen LogP contribution in [0.2, 0.25) is 0 Å². The molecule has 0 aromatic heterocycles. The zero-order chi connectivity index (χ0) is 19.5. The van der Waals surface area contributed by atoms with Crippen LogP contribution in [0, 0.1) is 0 Å². The topological polar surface area (TPSA) is 131 Å². The third-order valence-electron chi connectivity index (χ3n) is 4.47. The molecule has 1 heterocycles. The molecule has 10 nitrogen and oxygen atoms in total. The molecule has 0 unspecified atom stereocenters. The van der Waals surface area contributed by atoms with Crippen molar-refractivity contribution in [2.75, 3.05) is 78.5 Å². The highest BCUT2D eigenvalue weighted by Gasteiger charge is 2.19. The lowest BCUT2D eigenvalue weighted by Crippen LogP contribution is -2.48. The molecule has 1 rings (SSSR count). The quantitative estimate of drug-likeness (QED) is 0.458. The van der Waals surface area contributed by atoms with Crippen molar-refractivity contribution < 1.29 is 24.6 Å². The first-order valence-electron chi connectivity index (χ1n) is 8.91. The molecule has 1 aliphatic rings. The van der Waals surface area contributed by atoms with E-state index in [0.29, 0.717) is 45.8 Å². The minimum Gasteiger partial charge on any atom is -0.480 e. The highest BCUT2D eigenvalue weighted by atomic mass is 16.4. The number of primary amides is 1. The molecule has 0 radical (unpaired) electrons. The van der Waals surface area contributed by atoms with Crippen LogP contribution in [0.25, 0.3) is 0 Å². The maximum Gasteiger partial charge on any atom is 0.317 e. The molecule has 0 spiro atoms. The van der Waals surface area contributed by atoms with E-state index in [1.165, 1.54) is 0 Å². The second-order valence-electron chi connectivity index (χ2n) is 6.52. The largest absolute Gasteiger partial charge is 0.480 e. The van der Waals surface area contributed by atoms with Crippen molar-refractivity contribution >= 4 is 17.8 Å². The number of hydrogen-bond acceptors (Lipinski definition) is 7. The molecule has 150 valence electrons. The van der Waals surface area contributed by atoms with E-state index in [1.54, 1.807) is 4.90 Å². The number of nitrogens with zero attached hydrogens (tertiary/aromatic N) is 4. The molecule has 1 fully saturated rings. The molecule has 0 bridgehead atoms. The Labute approximate surface area is 154 Å². The van der Waals surface area contributed by atoms with E-state index in [1.807, 2.05) is 16.7 Å². The van der Waals surface area contributed by atoms with E-state index in [0.717, 1.165) is 13.1 Å². The smallest absolute Gasteiger partial charge is 0.317 e. The van der Waals surface area contributed by atoms with Gasteiger partial charge in [-0.3, -0.25) is 29.1 Å². The summed E-state index contributed by atoms with van der Waals surface area (Å²) in [5, 5.41) is 18.2. The van der Waals surface area contributed by atoms with E-state index in [4.69, 9.17) is 15.9 Å². The fourth-order valence-corrected chi connectivity index (χ4v) is 2.97. The first kappa shape index (κ1) is 22.3. The summed E-state index contributed by atoms with van der Waals surface area (Å²) in [4.78, 5) is 41.2. The zero-order valence-electron chi connectivity index (χ0n) is 15.5. The van der Waals surface area contributed by atoms with E-state index in [2.05, 4.69) is 4.90 Å². The molecule has 0 atom stereocenters. The lowest BCUT2D eigenvalue weighted by molar-refractivity contribution is -0.140. The molecular formula is C16H31N5O5.